The minimum Gasteiger partial charge on any atom is -0.387 e. The van der Waals surface area contributed by atoms with Crippen molar-refractivity contribution < 1.29 is 14.7 Å². The zero-order valence-electron chi connectivity index (χ0n) is 22.6. The van der Waals surface area contributed by atoms with Crippen molar-refractivity contribution in [3.63, 3.8) is 0 Å². The first-order chi connectivity index (χ1) is 19.1. The van der Waals surface area contributed by atoms with Crippen LogP contribution in [0, 0.1) is 30.1 Å². The zero-order chi connectivity index (χ0) is 28.3. The van der Waals surface area contributed by atoms with Gasteiger partial charge in [-0.1, -0.05) is 11.6 Å². The van der Waals surface area contributed by atoms with Gasteiger partial charge in [0.1, 0.15) is 11.5 Å². The number of piperidine rings is 1. The number of fused-ring (bicyclic) bond motifs is 1. The number of nitrogens with zero attached hydrogens (tertiary/aromatic N) is 5. The molecule has 3 fully saturated rings. The summed E-state index contributed by atoms with van der Waals surface area (Å²) >= 11 is 6.15. The number of halogens is 1. The third-order valence-corrected chi connectivity index (χ3v) is 8.87. The Balaban J connectivity index is 1.16. The Bertz CT molecular complexity index is 1550. The summed E-state index contributed by atoms with van der Waals surface area (Å²) in [6, 6.07) is 9.12. The van der Waals surface area contributed by atoms with Gasteiger partial charge in [-0.15, -0.1) is 0 Å². The summed E-state index contributed by atoms with van der Waals surface area (Å²) in [6.45, 7) is 6.28. The molecular formula is C30H31ClN6O3. The second-order valence-electron chi connectivity index (χ2n) is 11.4. The molecule has 2 aliphatic carbocycles. The summed E-state index contributed by atoms with van der Waals surface area (Å²) in [7, 11) is 0. The van der Waals surface area contributed by atoms with Gasteiger partial charge < -0.3 is 10.4 Å². The molecule has 2 aromatic heterocycles. The van der Waals surface area contributed by atoms with Crippen molar-refractivity contribution in [1.82, 2.24) is 20.1 Å². The summed E-state index contributed by atoms with van der Waals surface area (Å²) in [5, 5.41) is 28.1. The summed E-state index contributed by atoms with van der Waals surface area (Å²) in [4.78, 5) is 32.1. The largest absolute Gasteiger partial charge is 0.387 e. The van der Waals surface area contributed by atoms with E-state index in [0.717, 1.165) is 29.7 Å². The molecule has 9 nitrogen and oxygen atoms in total. The van der Waals surface area contributed by atoms with Crippen LogP contribution >= 0.6 is 11.6 Å². The Kier molecular flexibility index (Phi) is 6.64. The molecule has 2 amide bonds. The predicted molar refractivity (Wildman–Crippen MR) is 149 cm³/mol. The molecule has 40 heavy (non-hydrogen) atoms. The van der Waals surface area contributed by atoms with Gasteiger partial charge in [0.15, 0.2) is 0 Å². The maximum absolute atomic E-state index is 13.3. The van der Waals surface area contributed by atoms with Crippen LogP contribution in [-0.4, -0.2) is 44.3 Å². The van der Waals surface area contributed by atoms with Crippen LogP contribution in [0.5, 0.6) is 0 Å². The van der Waals surface area contributed by atoms with E-state index in [9.17, 15) is 20.0 Å². The molecule has 0 spiro atoms. The van der Waals surface area contributed by atoms with Crippen LogP contribution < -0.4 is 10.2 Å². The van der Waals surface area contributed by atoms with E-state index in [1.54, 1.807) is 41.0 Å². The molecule has 1 aliphatic heterocycles. The number of nitriles is 1. The maximum Gasteiger partial charge on any atom is 0.255 e. The fourth-order valence-electron chi connectivity index (χ4n) is 6.08. The number of rotatable bonds is 7. The van der Waals surface area contributed by atoms with Crippen LogP contribution in [0.15, 0.2) is 36.7 Å². The normalized spacial score (nSPS) is 24.6. The highest BCUT2D eigenvalue weighted by molar-refractivity contribution is 6.30. The topological polar surface area (TPSA) is 124 Å². The van der Waals surface area contributed by atoms with Crippen LogP contribution in [0.1, 0.15) is 89.5 Å². The number of pyridine rings is 1. The maximum atomic E-state index is 13.3. The molecule has 3 aliphatic rings. The number of nitrogens with one attached hydrogen (secondary N) is 1. The van der Waals surface area contributed by atoms with Crippen molar-refractivity contribution >= 4 is 29.2 Å². The van der Waals surface area contributed by atoms with Gasteiger partial charge >= 0.3 is 0 Å². The summed E-state index contributed by atoms with van der Waals surface area (Å²) < 4.78 is 1.69. The smallest absolute Gasteiger partial charge is 0.255 e. The Morgan fingerprint density at radius 1 is 1.25 bits per heavy atom. The van der Waals surface area contributed by atoms with Crippen molar-refractivity contribution in [1.29, 1.82) is 5.26 Å². The lowest BCUT2D eigenvalue weighted by Gasteiger charge is -2.36. The quantitative estimate of drug-likeness (QED) is 0.442. The zero-order valence-corrected chi connectivity index (χ0v) is 23.4. The molecule has 2 saturated carbocycles. The van der Waals surface area contributed by atoms with E-state index in [1.807, 2.05) is 26.0 Å². The van der Waals surface area contributed by atoms with E-state index in [-0.39, 0.29) is 35.7 Å². The van der Waals surface area contributed by atoms with Gasteiger partial charge in [0.2, 0.25) is 5.91 Å². The third-order valence-electron chi connectivity index (χ3n) is 8.63. The average Bonchev–Trinajstić information content (AvgIpc) is 3.40. The highest BCUT2D eigenvalue weighted by atomic mass is 35.5. The lowest BCUT2D eigenvalue weighted by atomic mass is 9.74. The summed E-state index contributed by atoms with van der Waals surface area (Å²) in [5.74, 6) is 1.34. The van der Waals surface area contributed by atoms with E-state index in [0.29, 0.717) is 46.4 Å². The molecule has 10 heteroatoms. The minimum absolute atomic E-state index is 0.0519. The lowest BCUT2D eigenvalue weighted by molar-refractivity contribution is -0.118. The molecule has 0 bridgehead atoms. The van der Waals surface area contributed by atoms with E-state index >= 15 is 0 Å². The average molecular weight is 559 g/mol. The van der Waals surface area contributed by atoms with Crippen molar-refractivity contribution in [2.45, 2.75) is 64.1 Å². The van der Waals surface area contributed by atoms with E-state index in [1.165, 1.54) is 0 Å². The number of hydrogen-bond acceptors (Lipinski definition) is 6. The van der Waals surface area contributed by atoms with Gasteiger partial charge in [0, 0.05) is 35.9 Å². The van der Waals surface area contributed by atoms with Crippen molar-refractivity contribution in [3.05, 3.63) is 75.2 Å². The molecule has 206 valence electrons. The molecular weight excluding hydrogens is 528 g/mol. The van der Waals surface area contributed by atoms with E-state index in [4.69, 9.17) is 11.6 Å². The molecule has 6 rings (SSSR count). The first kappa shape index (κ1) is 26.5. The highest BCUT2D eigenvalue weighted by Crippen LogP contribution is 2.47. The van der Waals surface area contributed by atoms with Crippen LogP contribution in [0.2, 0.25) is 5.02 Å². The molecule has 1 aromatic carbocycles. The number of aliphatic hydroxyl groups is 1. The SMILES string of the molecule is Cc1cc(N2C[C@H]3C[C@H]3C2=O)ncc1[C@@H](C)n1cc(C(=O)N[C@H]2C[C@@H](c3cc(Cl)ccc3C#N)C2)c([C@H](C)O)n1. The van der Waals surface area contributed by atoms with Gasteiger partial charge in [-0.25, -0.2) is 4.98 Å². The number of aliphatic hydroxyl groups excluding tert-OH is 1. The number of aryl methyl sites for hydroxylation is 1. The summed E-state index contributed by atoms with van der Waals surface area (Å²) in [5.41, 5.74) is 4.05. The first-order valence-corrected chi connectivity index (χ1v) is 14.1. The van der Waals surface area contributed by atoms with Gasteiger partial charge in [-0.05, 0) is 92.8 Å². The van der Waals surface area contributed by atoms with Crippen molar-refractivity contribution in [3.8, 4) is 6.07 Å². The van der Waals surface area contributed by atoms with E-state index < -0.39 is 6.10 Å². The van der Waals surface area contributed by atoms with Gasteiger partial charge in [-0.2, -0.15) is 10.4 Å². The van der Waals surface area contributed by atoms with Crippen LogP contribution in [0.4, 0.5) is 5.82 Å². The van der Waals surface area contributed by atoms with Crippen molar-refractivity contribution in [2.24, 2.45) is 11.8 Å². The second kappa shape index (κ2) is 10.0. The van der Waals surface area contributed by atoms with Gasteiger partial charge in [0.05, 0.1) is 29.3 Å². The number of amides is 2. The van der Waals surface area contributed by atoms with Gasteiger partial charge in [-0.3, -0.25) is 19.2 Å². The molecule has 3 heterocycles. The third kappa shape index (κ3) is 4.65. The molecule has 3 aromatic rings. The number of hydrogen-bond donors (Lipinski definition) is 2. The molecule has 4 atom stereocenters. The Morgan fingerprint density at radius 2 is 2.02 bits per heavy atom. The fourth-order valence-corrected chi connectivity index (χ4v) is 6.26. The van der Waals surface area contributed by atoms with Crippen LogP contribution in [0.3, 0.4) is 0 Å². The number of aromatic nitrogens is 3. The summed E-state index contributed by atoms with van der Waals surface area (Å²) in [6.07, 6.45) is 4.92. The Labute approximate surface area is 237 Å². The predicted octanol–water partition coefficient (Wildman–Crippen LogP) is 4.43. The fraction of sp³-hybridized carbons (Fsp3) is 0.433. The molecule has 2 N–H and O–H groups in total. The Morgan fingerprint density at radius 3 is 2.67 bits per heavy atom. The second-order valence-corrected chi connectivity index (χ2v) is 11.8. The standard InChI is InChI=1S/C30H31ClN6O3/c1-15-6-27(36-13-20-9-24(20)30(36)40)33-12-25(15)16(2)37-14-26(28(35-37)17(3)38)29(39)34-22-7-19(8-22)23-10-21(31)5-4-18(23)11-32/h4-6,10,12,14,16-17,19-20,22,24,38H,7-9,13H2,1-3H3,(H,34,39)/t16-,17+,19-,20-,22+,24-/m1/s1. The number of benzene rings is 1. The molecule has 0 radical (unpaired) electrons. The van der Waals surface area contributed by atoms with Gasteiger partial charge in [0.25, 0.3) is 5.91 Å². The number of anilines is 1. The van der Waals surface area contributed by atoms with E-state index in [2.05, 4.69) is 21.5 Å². The highest BCUT2D eigenvalue weighted by Gasteiger charge is 2.52. The number of carbonyl (C=O) groups excluding carboxylic acids is 2. The molecule has 0 unspecified atom stereocenters. The first-order valence-electron chi connectivity index (χ1n) is 13.7. The molecule has 1 saturated heterocycles. The monoisotopic (exact) mass is 558 g/mol. The van der Waals surface area contributed by atoms with Crippen molar-refractivity contribution in [2.75, 3.05) is 11.4 Å². The number of carbonyl (C=O) groups is 2. The van der Waals surface area contributed by atoms with Crippen LogP contribution in [0.25, 0.3) is 0 Å². The minimum atomic E-state index is -0.929. The van der Waals surface area contributed by atoms with Crippen LogP contribution in [-0.2, 0) is 4.79 Å². The Hall–Kier alpha value is -3.74. The lowest BCUT2D eigenvalue weighted by Crippen LogP contribution is -2.43.